The first-order chi connectivity index (χ1) is 15.4. The summed E-state index contributed by atoms with van der Waals surface area (Å²) in [4.78, 5) is 29.9. The molecule has 1 fully saturated rings. The molecule has 2 aliphatic rings. The molecule has 0 spiro atoms. The fraction of sp³-hybridized carbons (Fsp3) is 0.391. The van der Waals surface area contributed by atoms with E-state index in [0.29, 0.717) is 27.4 Å². The zero-order valence-electron chi connectivity index (χ0n) is 17.6. The number of likely N-dealkylation sites (tertiary alicyclic amines) is 1. The molecule has 4 rings (SSSR count). The predicted molar refractivity (Wildman–Crippen MR) is 129 cm³/mol. The molecule has 0 saturated carbocycles. The number of hydrogen-bond donors (Lipinski definition) is 3. The number of anilines is 2. The minimum atomic E-state index is -2.22. The molecule has 2 heterocycles. The smallest absolute Gasteiger partial charge is 0.329 e. The van der Waals surface area contributed by atoms with Crippen molar-refractivity contribution in [3.8, 4) is 0 Å². The molecule has 3 amide bonds. The van der Waals surface area contributed by atoms with Gasteiger partial charge < -0.3 is 20.6 Å². The Morgan fingerprint density at radius 3 is 2.59 bits per heavy atom. The molecule has 9 heteroatoms. The van der Waals surface area contributed by atoms with Crippen LogP contribution in [0.5, 0.6) is 0 Å². The largest absolute Gasteiger partial charge is 0.359 e. The van der Waals surface area contributed by atoms with Crippen LogP contribution in [-0.4, -0.2) is 48.1 Å². The number of carbonyl (C=O) groups excluding carboxylic acids is 2. The maximum atomic E-state index is 13.4. The molecule has 0 unspecified atom stereocenters. The molecular weight excluding hydrogens is 496 g/mol. The molecule has 32 heavy (non-hydrogen) atoms. The topological polar surface area (TPSA) is 84.9 Å². The number of amides is 3. The van der Waals surface area contributed by atoms with Gasteiger partial charge in [0.05, 0.1) is 5.69 Å². The number of benzene rings is 2. The van der Waals surface area contributed by atoms with Crippen LogP contribution in [0, 0.1) is 0 Å². The average Bonchev–Trinajstić information content (AvgIpc) is 2.79. The van der Waals surface area contributed by atoms with Gasteiger partial charge >= 0.3 is 6.03 Å². The summed E-state index contributed by atoms with van der Waals surface area (Å²) in [6.07, 6.45) is 4.46. The number of nitrogens with one attached hydrogen (secondary N) is 2. The van der Waals surface area contributed by atoms with Crippen LogP contribution in [0.2, 0.25) is 5.02 Å². The highest BCUT2D eigenvalue weighted by Gasteiger charge is 2.52. The molecule has 7 nitrogen and oxygen atoms in total. The number of carbonyl (C=O) groups is 2. The summed E-state index contributed by atoms with van der Waals surface area (Å²) >= 11 is 9.40. The van der Waals surface area contributed by atoms with Crippen LogP contribution >= 0.6 is 27.5 Å². The van der Waals surface area contributed by atoms with Gasteiger partial charge in [-0.3, -0.25) is 9.69 Å². The van der Waals surface area contributed by atoms with Crippen LogP contribution in [0.25, 0.3) is 0 Å². The number of halogens is 2. The average molecular weight is 522 g/mol. The van der Waals surface area contributed by atoms with Crippen LogP contribution < -0.4 is 15.5 Å². The number of hydrogen-bond acceptors (Lipinski definition) is 4. The number of rotatable bonds is 6. The van der Waals surface area contributed by atoms with Crippen molar-refractivity contribution in [1.29, 1.82) is 0 Å². The van der Waals surface area contributed by atoms with Crippen LogP contribution in [0.1, 0.15) is 31.2 Å². The van der Waals surface area contributed by atoms with Gasteiger partial charge in [-0.15, -0.1) is 0 Å². The summed E-state index contributed by atoms with van der Waals surface area (Å²) in [7, 11) is 0. The molecule has 2 aliphatic heterocycles. The van der Waals surface area contributed by atoms with Crippen molar-refractivity contribution < 1.29 is 14.7 Å². The van der Waals surface area contributed by atoms with E-state index < -0.39 is 17.7 Å². The molecule has 1 saturated heterocycles. The predicted octanol–water partition coefficient (Wildman–Crippen LogP) is 4.29. The summed E-state index contributed by atoms with van der Waals surface area (Å²) in [6.45, 7) is 3.47. The first-order valence-electron chi connectivity index (χ1n) is 10.8. The fourth-order valence-electron chi connectivity index (χ4n) is 4.28. The third kappa shape index (κ3) is 4.64. The quantitative estimate of drug-likeness (QED) is 0.495. The van der Waals surface area contributed by atoms with E-state index in [0.717, 1.165) is 31.0 Å². The van der Waals surface area contributed by atoms with E-state index in [-0.39, 0.29) is 5.56 Å². The number of aliphatic hydroxyl groups is 1. The van der Waals surface area contributed by atoms with Gasteiger partial charge in [0.2, 0.25) is 0 Å². The van der Waals surface area contributed by atoms with Crippen LogP contribution in [0.15, 0.2) is 46.9 Å². The highest BCUT2D eigenvalue weighted by Crippen LogP contribution is 2.41. The summed E-state index contributed by atoms with van der Waals surface area (Å²) in [5.74, 6) is -0.653. The number of fused-ring (bicyclic) bond motifs is 1. The molecule has 0 bridgehead atoms. The van der Waals surface area contributed by atoms with Crippen molar-refractivity contribution in [3.05, 3.63) is 57.5 Å². The van der Waals surface area contributed by atoms with Crippen molar-refractivity contribution in [2.75, 3.05) is 36.4 Å². The molecule has 170 valence electrons. The van der Waals surface area contributed by atoms with E-state index in [1.807, 2.05) is 0 Å². The maximum absolute atomic E-state index is 13.4. The zero-order chi connectivity index (χ0) is 22.7. The van der Waals surface area contributed by atoms with Gasteiger partial charge in [0.15, 0.2) is 0 Å². The summed E-state index contributed by atoms with van der Waals surface area (Å²) in [5.41, 5.74) is -1.20. The Balaban J connectivity index is 1.59. The van der Waals surface area contributed by atoms with Crippen LogP contribution in [0.3, 0.4) is 0 Å². The zero-order valence-corrected chi connectivity index (χ0v) is 20.0. The van der Waals surface area contributed by atoms with E-state index in [2.05, 4.69) is 31.5 Å². The second-order valence-corrected chi connectivity index (χ2v) is 9.47. The lowest BCUT2D eigenvalue weighted by Gasteiger charge is -2.42. The summed E-state index contributed by atoms with van der Waals surface area (Å²) in [6, 6.07) is 10.9. The Labute approximate surface area is 200 Å². The Hall–Kier alpha value is -2.13. The standard InChI is InChI=1S/C23H26BrClN4O3/c24-16-5-10-20-19(15-16)23(32,21(30)26-11-4-14-28-12-2-1-3-13-28)29(22(31)27-20)18-8-6-17(25)7-9-18/h5-10,15,32H,1-4,11-14H2,(H,26,30)(H,27,31)/t23-/m1/s1. The van der Waals surface area contributed by atoms with Gasteiger partial charge in [-0.1, -0.05) is 34.0 Å². The Morgan fingerprint density at radius 1 is 1.16 bits per heavy atom. The van der Waals surface area contributed by atoms with E-state index >= 15 is 0 Å². The lowest BCUT2D eigenvalue weighted by atomic mass is 9.94. The van der Waals surface area contributed by atoms with Crippen molar-refractivity contribution in [3.63, 3.8) is 0 Å². The summed E-state index contributed by atoms with van der Waals surface area (Å²) < 4.78 is 0.680. The molecule has 2 aromatic carbocycles. The van der Waals surface area contributed by atoms with Crippen molar-refractivity contribution in [1.82, 2.24) is 10.2 Å². The van der Waals surface area contributed by atoms with E-state index in [4.69, 9.17) is 11.6 Å². The minimum Gasteiger partial charge on any atom is -0.359 e. The fourth-order valence-corrected chi connectivity index (χ4v) is 4.77. The van der Waals surface area contributed by atoms with Gasteiger partial charge in [-0.05, 0) is 81.4 Å². The van der Waals surface area contributed by atoms with Crippen molar-refractivity contribution in [2.45, 2.75) is 31.4 Å². The maximum Gasteiger partial charge on any atom is 0.329 e. The highest BCUT2D eigenvalue weighted by molar-refractivity contribution is 9.10. The monoisotopic (exact) mass is 520 g/mol. The first-order valence-corrected chi connectivity index (χ1v) is 12.0. The van der Waals surface area contributed by atoms with E-state index in [9.17, 15) is 14.7 Å². The lowest BCUT2D eigenvalue weighted by Crippen LogP contribution is -2.62. The molecule has 0 radical (unpaired) electrons. The van der Waals surface area contributed by atoms with Gasteiger partial charge in [0.25, 0.3) is 11.6 Å². The first kappa shape index (κ1) is 23.0. The van der Waals surface area contributed by atoms with Gasteiger partial charge in [0.1, 0.15) is 0 Å². The molecule has 0 aliphatic carbocycles. The third-order valence-electron chi connectivity index (χ3n) is 5.91. The molecule has 3 N–H and O–H groups in total. The van der Waals surface area contributed by atoms with Gasteiger partial charge in [-0.2, -0.15) is 0 Å². The van der Waals surface area contributed by atoms with Crippen molar-refractivity contribution in [2.24, 2.45) is 0 Å². The normalized spacial score (nSPS) is 21.1. The van der Waals surface area contributed by atoms with E-state index in [1.165, 1.54) is 19.3 Å². The van der Waals surface area contributed by atoms with E-state index in [1.54, 1.807) is 42.5 Å². The highest BCUT2D eigenvalue weighted by atomic mass is 79.9. The second kappa shape index (κ2) is 9.79. The lowest BCUT2D eigenvalue weighted by molar-refractivity contribution is -0.140. The van der Waals surface area contributed by atoms with Crippen molar-refractivity contribution >= 4 is 50.8 Å². The number of nitrogens with zero attached hydrogens (tertiary/aromatic N) is 2. The third-order valence-corrected chi connectivity index (χ3v) is 6.66. The second-order valence-electron chi connectivity index (χ2n) is 8.12. The Morgan fingerprint density at radius 2 is 1.88 bits per heavy atom. The van der Waals surface area contributed by atoms with Crippen LogP contribution in [-0.2, 0) is 10.5 Å². The summed E-state index contributed by atoms with van der Waals surface area (Å²) in [5, 5.41) is 17.9. The van der Waals surface area contributed by atoms with Gasteiger partial charge in [0, 0.05) is 27.3 Å². The Bertz CT molecular complexity index is 997. The number of piperidine rings is 1. The molecule has 2 aromatic rings. The molecule has 1 atom stereocenters. The molecule has 0 aromatic heterocycles. The Kier molecular flexibility index (Phi) is 7.05. The van der Waals surface area contributed by atoms with Crippen LogP contribution in [0.4, 0.5) is 16.2 Å². The van der Waals surface area contributed by atoms with Gasteiger partial charge in [-0.25, -0.2) is 4.79 Å². The number of urea groups is 1. The minimum absolute atomic E-state index is 0.287. The molecular formula is C23H26BrClN4O3. The SMILES string of the molecule is O=C1Nc2ccc(Br)cc2[C@@](O)(C(=O)NCCCN2CCCCC2)N1c1ccc(Cl)cc1.